The summed E-state index contributed by atoms with van der Waals surface area (Å²) in [5.74, 6) is -3.48. The number of benzene rings is 2. The molecule has 0 unspecified atom stereocenters. The molecular weight excluding hydrogens is 507 g/mol. The zero-order valence-corrected chi connectivity index (χ0v) is 20.6. The van der Waals surface area contributed by atoms with Crippen molar-refractivity contribution in [3.05, 3.63) is 58.1 Å². The average molecular weight is 535 g/mol. The second-order valence-electron chi connectivity index (χ2n) is 7.71. The number of carbonyl (C=O) groups excluding carboxylic acids is 2. The van der Waals surface area contributed by atoms with Gasteiger partial charge in [0.2, 0.25) is 6.41 Å². The predicted molar refractivity (Wildman–Crippen MR) is 129 cm³/mol. The molecule has 2 aromatic rings. The smallest absolute Gasteiger partial charge is 0.367 e. The highest BCUT2D eigenvalue weighted by Crippen LogP contribution is 2.31. The van der Waals surface area contributed by atoms with Crippen molar-refractivity contribution in [2.24, 2.45) is 0 Å². The van der Waals surface area contributed by atoms with Gasteiger partial charge in [0, 0.05) is 49.9 Å². The van der Waals surface area contributed by atoms with Gasteiger partial charge in [0.25, 0.3) is 5.91 Å². The molecule has 0 aromatic heterocycles. The molecule has 0 aliphatic carbocycles. The van der Waals surface area contributed by atoms with Crippen LogP contribution in [0.25, 0.3) is 0 Å². The lowest BCUT2D eigenvalue weighted by atomic mass is 10.1. The van der Waals surface area contributed by atoms with Crippen molar-refractivity contribution in [2.75, 3.05) is 42.9 Å². The number of piperazine rings is 1. The van der Waals surface area contributed by atoms with Gasteiger partial charge in [0.1, 0.15) is 0 Å². The number of nitrogens with zero attached hydrogens (tertiary/aromatic N) is 2. The minimum absolute atomic E-state index is 0.0975. The molecule has 0 radical (unpaired) electrons. The van der Waals surface area contributed by atoms with E-state index < -0.39 is 35.7 Å². The Morgan fingerprint density at radius 2 is 1.72 bits per heavy atom. The summed E-state index contributed by atoms with van der Waals surface area (Å²) in [5, 5.41) is 5.15. The normalized spacial score (nSPS) is 14.1. The van der Waals surface area contributed by atoms with E-state index in [1.54, 1.807) is 11.0 Å². The summed E-state index contributed by atoms with van der Waals surface area (Å²) in [4.78, 5) is 26.6. The highest BCUT2D eigenvalue weighted by molar-refractivity contribution is 6.31. The number of anilines is 2. The fourth-order valence-corrected chi connectivity index (χ4v) is 3.78. The van der Waals surface area contributed by atoms with Crippen molar-refractivity contribution in [2.45, 2.75) is 33.0 Å². The van der Waals surface area contributed by atoms with Crippen LogP contribution in [0.4, 0.5) is 33.3 Å². The molecule has 1 aliphatic heterocycles. The molecule has 0 bridgehead atoms. The van der Waals surface area contributed by atoms with Gasteiger partial charge in [-0.15, -0.1) is 0 Å². The first-order chi connectivity index (χ1) is 17.1. The third kappa shape index (κ3) is 8.06. The Morgan fingerprint density at radius 1 is 1.06 bits per heavy atom. The Kier molecular flexibility index (Phi) is 10.9. The largest absolute Gasteiger partial charge is 0.390 e. The Morgan fingerprint density at radius 3 is 2.33 bits per heavy atom. The minimum atomic E-state index is -4.22. The standard InChI is InChI=1S/C22H22ClF5N4O2.C2H6/c23-15-2-4-17(18(11-15)32-9-7-31(8-10-32)6-5-22(26,27)28)30-21(34)16-3-1-14(12-29-13-33)19(24)20(16)25;1-2/h1-4,11,13H,5-10,12H2,(H,29,33)(H,30,34);1-2H3. The van der Waals surface area contributed by atoms with E-state index in [-0.39, 0.29) is 18.7 Å². The highest BCUT2D eigenvalue weighted by atomic mass is 35.5. The molecule has 198 valence electrons. The first kappa shape index (κ1) is 29.3. The Balaban J connectivity index is 0.00000222. The molecule has 0 saturated carbocycles. The molecule has 36 heavy (non-hydrogen) atoms. The number of halogens is 6. The van der Waals surface area contributed by atoms with E-state index in [0.29, 0.717) is 49.0 Å². The number of amides is 2. The van der Waals surface area contributed by atoms with Crippen LogP contribution in [0, 0.1) is 11.6 Å². The second kappa shape index (κ2) is 13.4. The molecule has 2 aromatic carbocycles. The van der Waals surface area contributed by atoms with Crippen molar-refractivity contribution in [3.8, 4) is 0 Å². The Bertz CT molecular complexity index is 1040. The maximum absolute atomic E-state index is 14.5. The van der Waals surface area contributed by atoms with E-state index >= 15 is 0 Å². The number of hydrogen-bond donors (Lipinski definition) is 2. The fraction of sp³-hybridized carbons (Fsp3) is 0.417. The maximum atomic E-state index is 14.5. The predicted octanol–water partition coefficient (Wildman–Crippen LogP) is 5.22. The van der Waals surface area contributed by atoms with E-state index in [2.05, 4.69) is 10.6 Å². The Hall–Kier alpha value is -2.92. The van der Waals surface area contributed by atoms with Gasteiger partial charge in [-0.25, -0.2) is 8.78 Å². The van der Waals surface area contributed by atoms with Crippen molar-refractivity contribution >= 4 is 35.3 Å². The molecule has 1 fully saturated rings. The lowest BCUT2D eigenvalue weighted by Gasteiger charge is -2.37. The van der Waals surface area contributed by atoms with Crippen molar-refractivity contribution < 1.29 is 31.5 Å². The summed E-state index contributed by atoms with van der Waals surface area (Å²) in [7, 11) is 0. The van der Waals surface area contributed by atoms with E-state index in [0.717, 1.165) is 6.07 Å². The third-order valence-corrected chi connectivity index (χ3v) is 5.65. The number of nitrogens with one attached hydrogen (secondary N) is 2. The number of hydrogen-bond acceptors (Lipinski definition) is 4. The summed E-state index contributed by atoms with van der Waals surface area (Å²) >= 11 is 6.11. The van der Waals surface area contributed by atoms with Gasteiger partial charge in [-0.3, -0.25) is 14.5 Å². The van der Waals surface area contributed by atoms with Crippen LogP contribution >= 0.6 is 11.6 Å². The van der Waals surface area contributed by atoms with E-state index in [9.17, 15) is 31.5 Å². The van der Waals surface area contributed by atoms with Gasteiger partial charge < -0.3 is 15.5 Å². The van der Waals surface area contributed by atoms with Gasteiger partial charge in [-0.1, -0.05) is 31.5 Å². The molecule has 1 heterocycles. The van der Waals surface area contributed by atoms with Crippen molar-refractivity contribution in [3.63, 3.8) is 0 Å². The number of alkyl halides is 3. The lowest BCUT2D eigenvalue weighted by Crippen LogP contribution is -2.47. The zero-order valence-electron chi connectivity index (χ0n) is 19.9. The van der Waals surface area contributed by atoms with Crippen LogP contribution in [0.15, 0.2) is 30.3 Å². The topological polar surface area (TPSA) is 64.7 Å². The van der Waals surface area contributed by atoms with Crippen LogP contribution in [0.1, 0.15) is 36.2 Å². The molecule has 3 rings (SSSR count). The molecule has 2 amide bonds. The molecule has 6 nitrogen and oxygen atoms in total. The Labute approximate surface area is 211 Å². The van der Waals surface area contributed by atoms with Gasteiger partial charge in [0.05, 0.1) is 23.4 Å². The summed E-state index contributed by atoms with van der Waals surface area (Å²) in [6.07, 6.45) is -4.77. The second-order valence-corrected chi connectivity index (χ2v) is 8.14. The number of rotatable bonds is 8. The van der Waals surface area contributed by atoms with Crippen LogP contribution in [0.3, 0.4) is 0 Å². The first-order valence-corrected chi connectivity index (χ1v) is 11.8. The quantitative estimate of drug-likeness (QED) is 0.360. The fourth-order valence-electron chi connectivity index (χ4n) is 3.61. The van der Waals surface area contributed by atoms with E-state index in [1.165, 1.54) is 18.2 Å². The lowest BCUT2D eigenvalue weighted by molar-refractivity contribution is -0.138. The monoisotopic (exact) mass is 534 g/mol. The van der Waals surface area contributed by atoms with Crippen LogP contribution in [0.2, 0.25) is 5.02 Å². The molecule has 1 saturated heterocycles. The van der Waals surface area contributed by atoms with Crippen LogP contribution in [0.5, 0.6) is 0 Å². The summed E-state index contributed by atoms with van der Waals surface area (Å²) < 4.78 is 66.2. The first-order valence-electron chi connectivity index (χ1n) is 11.4. The summed E-state index contributed by atoms with van der Waals surface area (Å²) in [6.45, 7) is 5.22. The van der Waals surface area contributed by atoms with E-state index in [1.807, 2.05) is 18.7 Å². The van der Waals surface area contributed by atoms with Gasteiger partial charge >= 0.3 is 6.18 Å². The third-order valence-electron chi connectivity index (χ3n) is 5.42. The van der Waals surface area contributed by atoms with Crippen molar-refractivity contribution in [1.82, 2.24) is 10.2 Å². The number of carbonyl (C=O) groups is 2. The average Bonchev–Trinajstić information content (AvgIpc) is 2.86. The molecule has 0 spiro atoms. The molecule has 12 heteroatoms. The van der Waals surface area contributed by atoms with Crippen molar-refractivity contribution in [1.29, 1.82) is 0 Å². The van der Waals surface area contributed by atoms with Gasteiger partial charge in [0.15, 0.2) is 11.6 Å². The molecule has 0 atom stereocenters. The van der Waals surface area contributed by atoms with Crippen LogP contribution in [-0.2, 0) is 11.3 Å². The minimum Gasteiger partial charge on any atom is -0.367 e. The zero-order chi connectivity index (χ0) is 26.9. The molecular formula is C24H28ClF5N4O2. The molecule has 2 N–H and O–H groups in total. The summed E-state index contributed by atoms with van der Waals surface area (Å²) in [6, 6.07) is 6.94. The van der Waals surface area contributed by atoms with Gasteiger partial charge in [-0.05, 0) is 24.3 Å². The van der Waals surface area contributed by atoms with E-state index in [4.69, 9.17) is 11.6 Å². The maximum Gasteiger partial charge on any atom is 0.390 e. The van der Waals surface area contributed by atoms with Gasteiger partial charge in [-0.2, -0.15) is 13.2 Å². The van der Waals surface area contributed by atoms with Crippen LogP contribution < -0.4 is 15.5 Å². The SMILES string of the molecule is CC.O=CNCc1ccc(C(=O)Nc2ccc(Cl)cc2N2CCN(CCC(F)(F)F)CC2)c(F)c1F. The van der Waals surface area contributed by atoms with Crippen LogP contribution in [-0.4, -0.2) is 56.1 Å². The molecule has 1 aliphatic rings. The summed E-state index contributed by atoms with van der Waals surface area (Å²) in [5.41, 5.74) is 0.176. The highest BCUT2D eigenvalue weighted by Gasteiger charge is 2.29.